The highest BCUT2D eigenvalue weighted by Crippen LogP contribution is 3.02. The molecule has 1 aliphatic rings. The van der Waals surface area contributed by atoms with Crippen molar-refractivity contribution in [2.75, 3.05) is 12.4 Å². The summed E-state index contributed by atoms with van der Waals surface area (Å²) in [5.41, 5.74) is 0.383. The summed E-state index contributed by atoms with van der Waals surface area (Å²) in [6.45, 7) is 3.02. The second kappa shape index (κ2) is 7.50. The van der Waals surface area contributed by atoms with E-state index in [0.717, 1.165) is 6.07 Å². The lowest BCUT2D eigenvalue weighted by atomic mass is 10.1. The van der Waals surface area contributed by atoms with Gasteiger partial charge in [-0.25, -0.2) is 9.97 Å². The molecule has 1 N–H and O–H groups in total. The zero-order chi connectivity index (χ0) is 23.8. The molecule has 0 radical (unpaired) electrons. The van der Waals surface area contributed by atoms with Crippen LogP contribution in [-0.2, 0) is 25.4 Å². The molecule has 7 nitrogen and oxygen atoms in total. The lowest BCUT2D eigenvalue weighted by Gasteiger charge is -2.40. The van der Waals surface area contributed by atoms with Crippen molar-refractivity contribution in [3.05, 3.63) is 59.4 Å². The minimum absolute atomic E-state index is 0.0566. The Balaban J connectivity index is 2.01. The fraction of sp³-hybridized carbons (Fsp3) is 0.316. The molecule has 176 valence electrons. The molecule has 1 aliphatic heterocycles. The summed E-state index contributed by atoms with van der Waals surface area (Å²) in [5, 5.41) is 2.89. The van der Waals surface area contributed by atoms with E-state index in [2.05, 4.69) is 20.0 Å². The van der Waals surface area contributed by atoms with Crippen LogP contribution in [0.25, 0.3) is 0 Å². The SMILES string of the molecule is COC(=O)Cc1nc(C)nc(N[C@H](C)c2cccc(S(F)(F)(F)(F)F)c2)c1C1OC=CO1. The van der Waals surface area contributed by atoms with Gasteiger partial charge in [-0.1, -0.05) is 31.6 Å². The van der Waals surface area contributed by atoms with Gasteiger partial charge in [-0.15, -0.1) is 0 Å². The van der Waals surface area contributed by atoms with Gasteiger partial charge in [0.25, 0.3) is 6.29 Å². The van der Waals surface area contributed by atoms with Crippen molar-refractivity contribution >= 4 is 22.0 Å². The number of nitrogens with zero attached hydrogens (tertiary/aromatic N) is 2. The molecule has 2 heterocycles. The molecule has 0 bridgehead atoms. The Labute approximate surface area is 180 Å². The number of carbonyl (C=O) groups is 1. The first-order chi connectivity index (χ1) is 14.7. The van der Waals surface area contributed by atoms with Gasteiger partial charge in [-0.05, 0) is 31.5 Å². The fourth-order valence-electron chi connectivity index (χ4n) is 3.03. The highest BCUT2D eigenvalue weighted by atomic mass is 32.5. The van der Waals surface area contributed by atoms with Gasteiger partial charge < -0.3 is 19.5 Å². The third-order valence-electron chi connectivity index (χ3n) is 4.53. The summed E-state index contributed by atoms with van der Waals surface area (Å²) in [4.78, 5) is 18.3. The van der Waals surface area contributed by atoms with Gasteiger partial charge in [0.1, 0.15) is 29.1 Å². The third kappa shape index (κ3) is 5.39. The first-order valence-corrected chi connectivity index (χ1v) is 11.1. The first kappa shape index (κ1) is 23.6. The largest absolute Gasteiger partial charge is 0.469 e. The van der Waals surface area contributed by atoms with Gasteiger partial charge in [0.2, 0.25) is 0 Å². The zero-order valence-electron chi connectivity index (χ0n) is 17.2. The van der Waals surface area contributed by atoms with Gasteiger partial charge >= 0.3 is 16.2 Å². The van der Waals surface area contributed by atoms with E-state index in [1.165, 1.54) is 32.6 Å². The molecule has 2 aromatic rings. The number of hydrogen-bond acceptors (Lipinski definition) is 7. The molecule has 0 spiro atoms. The number of aryl methyl sites for hydroxylation is 1. The Kier molecular flexibility index (Phi) is 5.52. The van der Waals surface area contributed by atoms with E-state index < -0.39 is 33.4 Å². The van der Waals surface area contributed by atoms with E-state index in [9.17, 15) is 24.2 Å². The molecule has 1 aromatic heterocycles. The monoisotopic (exact) mass is 481 g/mol. The summed E-state index contributed by atoms with van der Waals surface area (Å²) in [5.74, 6) is -0.248. The third-order valence-corrected chi connectivity index (χ3v) is 5.67. The van der Waals surface area contributed by atoms with Crippen LogP contribution in [0.1, 0.15) is 41.9 Å². The maximum absolute atomic E-state index is 13.2. The Bertz CT molecular complexity index is 1070. The number of carbonyl (C=O) groups excluding carboxylic acids is 1. The van der Waals surface area contributed by atoms with Crippen LogP contribution in [0.5, 0.6) is 0 Å². The summed E-state index contributed by atoms with van der Waals surface area (Å²) >= 11 is 0. The molecule has 32 heavy (non-hydrogen) atoms. The Morgan fingerprint density at radius 2 is 1.84 bits per heavy atom. The highest BCUT2D eigenvalue weighted by Gasteiger charge is 2.65. The summed E-state index contributed by atoms with van der Waals surface area (Å²) in [6.07, 6.45) is 1.25. The van der Waals surface area contributed by atoms with Crippen molar-refractivity contribution in [2.24, 2.45) is 0 Å². The van der Waals surface area contributed by atoms with E-state index in [1.807, 2.05) is 0 Å². The topological polar surface area (TPSA) is 82.6 Å². The maximum Gasteiger partial charge on any atom is 0.311 e. The number of hydrogen-bond donors (Lipinski definition) is 1. The van der Waals surface area contributed by atoms with Crippen molar-refractivity contribution in [3.8, 4) is 0 Å². The van der Waals surface area contributed by atoms with Crippen LogP contribution in [0, 0.1) is 6.92 Å². The number of halogens is 5. The fourth-order valence-corrected chi connectivity index (χ4v) is 3.72. The molecular formula is C19H20F5N3O4S. The number of methoxy groups -OCH3 is 1. The number of rotatable bonds is 7. The van der Waals surface area contributed by atoms with Gasteiger partial charge in [0.05, 0.1) is 30.8 Å². The van der Waals surface area contributed by atoms with Gasteiger partial charge in [-0.2, -0.15) is 0 Å². The van der Waals surface area contributed by atoms with Crippen LogP contribution in [0.15, 0.2) is 41.7 Å². The predicted octanol–water partition coefficient (Wildman–Crippen LogP) is 5.85. The van der Waals surface area contributed by atoms with Gasteiger partial charge in [0.15, 0.2) is 0 Å². The van der Waals surface area contributed by atoms with E-state index in [4.69, 9.17) is 9.47 Å². The van der Waals surface area contributed by atoms with E-state index >= 15 is 0 Å². The van der Waals surface area contributed by atoms with Crippen molar-refractivity contribution in [3.63, 3.8) is 0 Å². The number of benzene rings is 1. The molecule has 0 unspecified atom stereocenters. The van der Waals surface area contributed by atoms with E-state index in [-0.39, 0.29) is 34.9 Å². The second-order valence-corrected chi connectivity index (χ2v) is 9.43. The second-order valence-electron chi connectivity index (χ2n) is 7.02. The normalized spacial score (nSPS) is 17.0. The minimum atomic E-state index is -9.84. The van der Waals surface area contributed by atoms with Crippen LogP contribution in [0.4, 0.5) is 25.2 Å². The van der Waals surface area contributed by atoms with Crippen LogP contribution in [-0.4, -0.2) is 23.0 Å². The Morgan fingerprint density at radius 1 is 1.19 bits per heavy atom. The van der Waals surface area contributed by atoms with E-state index in [0.29, 0.717) is 12.1 Å². The van der Waals surface area contributed by atoms with Crippen LogP contribution in [0.2, 0.25) is 0 Å². The summed E-state index contributed by atoms with van der Waals surface area (Å²) in [6, 6.07) is 2.02. The molecule has 0 fully saturated rings. The lowest BCUT2D eigenvalue weighted by molar-refractivity contribution is -0.139. The standard InChI is InChI=1S/C19H20F5N3O4S/c1-11(13-5-4-6-14(9-13)32(20,21,22,23)24)25-18-17(19-30-7-8-31-19)15(10-16(28)29-3)26-12(2)27-18/h4-9,11,19H,10H2,1-3H3,(H,25,26,27)/t11-/m1/s1. The predicted molar refractivity (Wildman–Crippen MR) is 106 cm³/mol. The number of anilines is 1. The average Bonchev–Trinajstić information content (AvgIpc) is 3.20. The highest BCUT2D eigenvalue weighted by molar-refractivity contribution is 8.45. The number of aromatic nitrogens is 2. The first-order valence-electron chi connectivity index (χ1n) is 9.18. The molecular weight excluding hydrogens is 461 g/mol. The summed E-state index contributed by atoms with van der Waals surface area (Å²) < 4.78 is 81.5. The van der Waals surface area contributed by atoms with E-state index in [1.54, 1.807) is 6.92 Å². The average molecular weight is 481 g/mol. The van der Waals surface area contributed by atoms with Crippen molar-refractivity contribution in [1.29, 1.82) is 0 Å². The molecule has 0 aliphatic carbocycles. The smallest absolute Gasteiger partial charge is 0.311 e. The molecule has 1 aromatic carbocycles. The van der Waals surface area contributed by atoms with Crippen molar-refractivity contribution < 1.29 is 38.4 Å². The molecule has 1 atom stereocenters. The molecule has 0 saturated carbocycles. The van der Waals surface area contributed by atoms with Crippen LogP contribution >= 0.6 is 10.2 Å². The minimum Gasteiger partial charge on any atom is -0.469 e. The molecule has 0 amide bonds. The zero-order valence-corrected chi connectivity index (χ0v) is 18.0. The van der Waals surface area contributed by atoms with Crippen LogP contribution < -0.4 is 5.32 Å². The van der Waals surface area contributed by atoms with Gasteiger partial charge in [0, 0.05) is 0 Å². The number of esters is 1. The maximum atomic E-state index is 13.2. The molecule has 13 heteroatoms. The van der Waals surface area contributed by atoms with Crippen molar-refractivity contribution in [1.82, 2.24) is 9.97 Å². The van der Waals surface area contributed by atoms with Crippen LogP contribution in [0.3, 0.4) is 0 Å². The quantitative estimate of drug-likeness (QED) is 0.393. The molecule has 3 rings (SSSR count). The van der Waals surface area contributed by atoms with Gasteiger partial charge in [-0.3, -0.25) is 4.79 Å². The lowest BCUT2D eigenvalue weighted by Crippen LogP contribution is -2.19. The number of nitrogens with one attached hydrogen (secondary N) is 1. The summed E-state index contributed by atoms with van der Waals surface area (Å²) in [7, 11) is -8.64. The Morgan fingerprint density at radius 3 is 2.44 bits per heavy atom. The van der Waals surface area contributed by atoms with Crippen molar-refractivity contribution in [2.45, 2.75) is 37.5 Å². The molecule has 0 saturated heterocycles. The Hall–Kier alpha value is -3.09. The number of ether oxygens (including phenoxy) is 3.